The lowest BCUT2D eigenvalue weighted by Crippen LogP contribution is -2.03. The Bertz CT molecular complexity index is 631. The van der Waals surface area contributed by atoms with Gasteiger partial charge < -0.3 is 14.3 Å². The van der Waals surface area contributed by atoms with Crippen molar-refractivity contribution in [1.82, 2.24) is 9.55 Å². The standard InChI is InChI=1S/C12H16N2O2S2/c1-16-9-4-5-11-10(8-9)13-12(17)14(11)6-3-7-18(2)15/h4-5,8H,3,6-7H2,1-2H3,(H,13,17). The summed E-state index contributed by atoms with van der Waals surface area (Å²) in [7, 11) is 0.892. The first-order valence-corrected chi connectivity index (χ1v) is 7.82. The number of hydrogen-bond acceptors (Lipinski definition) is 3. The number of nitrogens with zero attached hydrogens (tertiary/aromatic N) is 1. The van der Waals surface area contributed by atoms with Gasteiger partial charge in [0, 0.05) is 35.4 Å². The largest absolute Gasteiger partial charge is 0.497 e. The third-order valence-corrected chi connectivity index (χ3v) is 3.98. The third kappa shape index (κ3) is 2.81. The van der Waals surface area contributed by atoms with E-state index in [-0.39, 0.29) is 0 Å². The van der Waals surface area contributed by atoms with Gasteiger partial charge >= 0.3 is 0 Å². The lowest BCUT2D eigenvalue weighted by Gasteiger charge is -2.04. The van der Waals surface area contributed by atoms with Crippen LogP contribution in [0.25, 0.3) is 11.0 Å². The molecule has 1 atom stereocenters. The number of methoxy groups -OCH3 is 1. The Kier molecular flexibility index (Phi) is 4.19. The lowest BCUT2D eigenvalue weighted by molar-refractivity contribution is 0.415. The molecule has 1 aromatic carbocycles. The average Bonchev–Trinajstić information content (AvgIpc) is 2.64. The van der Waals surface area contributed by atoms with Gasteiger partial charge in [-0.1, -0.05) is 0 Å². The Morgan fingerprint density at radius 2 is 2.28 bits per heavy atom. The molecule has 0 saturated carbocycles. The molecule has 0 saturated heterocycles. The van der Waals surface area contributed by atoms with Gasteiger partial charge in [-0.15, -0.1) is 0 Å². The quantitative estimate of drug-likeness (QED) is 0.858. The van der Waals surface area contributed by atoms with E-state index in [1.165, 1.54) is 0 Å². The van der Waals surface area contributed by atoms with Crippen LogP contribution in [-0.2, 0) is 17.3 Å². The second kappa shape index (κ2) is 5.67. The van der Waals surface area contributed by atoms with Crippen LogP contribution in [-0.4, -0.2) is 32.9 Å². The summed E-state index contributed by atoms with van der Waals surface area (Å²) in [4.78, 5) is 3.16. The Balaban J connectivity index is 2.30. The summed E-state index contributed by atoms with van der Waals surface area (Å²) in [5.41, 5.74) is 2.03. The van der Waals surface area contributed by atoms with Gasteiger partial charge in [0.1, 0.15) is 5.75 Å². The summed E-state index contributed by atoms with van der Waals surface area (Å²) in [6.07, 6.45) is 2.58. The fraction of sp³-hybridized carbons (Fsp3) is 0.417. The molecule has 0 aliphatic carbocycles. The van der Waals surface area contributed by atoms with Gasteiger partial charge in [-0.05, 0) is 30.8 Å². The molecule has 6 heteroatoms. The van der Waals surface area contributed by atoms with Crippen molar-refractivity contribution >= 4 is 34.1 Å². The highest BCUT2D eigenvalue weighted by Crippen LogP contribution is 2.20. The number of hydrogen-bond donors (Lipinski definition) is 1. The minimum atomic E-state index is -0.750. The summed E-state index contributed by atoms with van der Waals surface area (Å²) >= 11 is 5.30. The Labute approximate surface area is 113 Å². The van der Waals surface area contributed by atoms with E-state index < -0.39 is 10.8 Å². The topological polar surface area (TPSA) is 47.0 Å². The molecule has 0 aliphatic heterocycles. The summed E-state index contributed by atoms with van der Waals surface area (Å²) in [6, 6.07) is 5.84. The van der Waals surface area contributed by atoms with E-state index in [1.54, 1.807) is 13.4 Å². The molecule has 0 fully saturated rings. The SMILES string of the molecule is COc1ccc2c(c1)[nH]c(=S)n2CCCS(C)=O. The molecule has 1 aromatic heterocycles. The fourth-order valence-corrected chi connectivity index (χ4v) is 2.75. The molecule has 1 N–H and O–H groups in total. The minimum Gasteiger partial charge on any atom is -0.497 e. The number of ether oxygens (including phenoxy) is 1. The van der Waals surface area contributed by atoms with Crippen molar-refractivity contribution in [2.75, 3.05) is 19.1 Å². The second-order valence-electron chi connectivity index (χ2n) is 4.10. The van der Waals surface area contributed by atoms with Crippen LogP contribution < -0.4 is 4.74 Å². The molecule has 1 heterocycles. The first-order valence-electron chi connectivity index (χ1n) is 5.68. The van der Waals surface area contributed by atoms with Crippen LogP contribution in [0.1, 0.15) is 6.42 Å². The summed E-state index contributed by atoms with van der Waals surface area (Å²) in [6.45, 7) is 0.782. The van der Waals surface area contributed by atoms with Crippen LogP contribution in [0.3, 0.4) is 0 Å². The highest BCUT2D eigenvalue weighted by atomic mass is 32.2. The highest BCUT2D eigenvalue weighted by molar-refractivity contribution is 7.84. The monoisotopic (exact) mass is 284 g/mol. The number of aryl methyl sites for hydroxylation is 1. The number of benzene rings is 1. The van der Waals surface area contributed by atoms with Crippen molar-refractivity contribution in [2.45, 2.75) is 13.0 Å². The molecular formula is C12H16N2O2S2. The van der Waals surface area contributed by atoms with Crippen LogP contribution in [0.2, 0.25) is 0 Å². The van der Waals surface area contributed by atoms with Crippen molar-refractivity contribution in [2.24, 2.45) is 0 Å². The molecule has 2 rings (SSSR count). The van der Waals surface area contributed by atoms with Crippen LogP contribution >= 0.6 is 12.2 Å². The van der Waals surface area contributed by atoms with E-state index in [4.69, 9.17) is 17.0 Å². The molecule has 4 nitrogen and oxygen atoms in total. The zero-order valence-corrected chi connectivity index (χ0v) is 12.1. The lowest BCUT2D eigenvalue weighted by atomic mass is 10.3. The van der Waals surface area contributed by atoms with E-state index in [0.29, 0.717) is 10.5 Å². The Morgan fingerprint density at radius 3 is 2.94 bits per heavy atom. The maximum atomic E-state index is 11.1. The van der Waals surface area contributed by atoms with Crippen molar-refractivity contribution in [3.8, 4) is 5.75 Å². The van der Waals surface area contributed by atoms with Crippen LogP contribution in [0, 0.1) is 4.77 Å². The molecule has 0 aliphatic rings. The van der Waals surface area contributed by atoms with E-state index in [1.807, 2.05) is 22.8 Å². The first-order chi connectivity index (χ1) is 8.61. The average molecular weight is 284 g/mol. The van der Waals surface area contributed by atoms with E-state index in [0.717, 1.165) is 29.7 Å². The third-order valence-electron chi connectivity index (χ3n) is 2.79. The number of rotatable bonds is 5. The van der Waals surface area contributed by atoms with E-state index in [2.05, 4.69) is 4.98 Å². The van der Waals surface area contributed by atoms with Gasteiger partial charge in [0.25, 0.3) is 0 Å². The molecule has 98 valence electrons. The molecule has 2 aromatic rings. The van der Waals surface area contributed by atoms with E-state index >= 15 is 0 Å². The zero-order valence-electron chi connectivity index (χ0n) is 10.4. The Morgan fingerprint density at radius 1 is 1.50 bits per heavy atom. The molecule has 0 amide bonds. The Hall–Kier alpha value is -1.14. The van der Waals surface area contributed by atoms with Crippen molar-refractivity contribution in [3.05, 3.63) is 23.0 Å². The number of aromatic nitrogens is 2. The number of imidazole rings is 1. The summed E-state index contributed by atoms with van der Waals surface area (Å²) in [5.74, 6) is 1.51. The van der Waals surface area contributed by atoms with E-state index in [9.17, 15) is 4.21 Å². The summed E-state index contributed by atoms with van der Waals surface area (Å²) in [5, 5.41) is 0. The maximum absolute atomic E-state index is 11.1. The number of nitrogens with one attached hydrogen (secondary N) is 1. The first kappa shape index (κ1) is 13.3. The maximum Gasteiger partial charge on any atom is 0.178 e. The van der Waals surface area contributed by atoms with Gasteiger partial charge in [0.2, 0.25) is 0 Å². The molecule has 0 bridgehead atoms. The van der Waals surface area contributed by atoms with Crippen LogP contribution in [0.15, 0.2) is 18.2 Å². The molecular weight excluding hydrogens is 268 g/mol. The van der Waals surface area contributed by atoms with Crippen LogP contribution in [0.5, 0.6) is 5.75 Å². The molecule has 0 spiro atoms. The van der Waals surface area contributed by atoms with Crippen LogP contribution in [0.4, 0.5) is 0 Å². The second-order valence-corrected chi connectivity index (χ2v) is 6.04. The van der Waals surface area contributed by atoms with Gasteiger partial charge in [0.05, 0.1) is 18.1 Å². The van der Waals surface area contributed by atoms with Crippen molar-refractivity contribution < 1.29 is 8.95 Å². The number of aromatic amines is 1. The molecule has 18 heavy (non-hydrogen) atoms. The smallest absolute Gasteiger partial charge is 0.178 e. The highest BCUT2D eigenvalue weighted by Gasteiger charge is 2.05. The van der Waals surface area contributed by atoms with Crippen molar-refractivity contribution in [3.63, 3.8) is 0 Å². The summed E-state index contributed by atoms with van der Waals surface area (Å²) < 4.78 is 19.0. The predicted molar refractivity (Wildman–Crippen MR) is 77.2 cm³/mol. The zero-order chi connectivity index (χ0) is 13.1. The normalized spacial score (nSPS) is 12.8. The number of H-pyrrole nitrogens is 1. The van der Waals surface area contributed by atoms with Gasteiger partial charge in [0.15, 0.2) is 4.77 Å². The number of fused-ring (bicyclic) bond motifs is 1. The van der Waals surface area contributed by atoms with Crippen molar-refractivity contribution in [1.29, 1.82) is 0 Å². The fourth-order valence-electron chi connectivity index (χ4n) is 1.92. The molecule has 1 unspecified atom stereocenters. The predicted octanol–water partition coefficient (Wildman–Crippen LogP) is 2.48. The minimum absolute atomic E-state index is 0.695. The van der Waals surface area contributed by atoms with Gasteiger partial charge in [-0.2, -0.15) is 0 Å². The van der Waals surface area contributed by atoms with Gasteiger partial charge in [-0.25, -0.2) is 0 Å². The molecule has 0 radical (unpaired) electrons. The van der Waals surface area contributed by atoms with Gasteiger partial charge in [-0.3, -0.25) is 4.21 Å².